The maximum atomic E-state index is 13.5. The Balaban J connectivity index is 1.40. The number of rotatable bonds is 5. The lowest BCUT2D eigenvalue weighted by Gasteiger charge is -2.27. The number of carbonyl (C=O) groups excluding carboxylic acids is 1. The minimum absolute atomic E-state index is 0.0160. The third-order valence-corrected chi connectivity index (χ3v) is 12.7. The molecule has 0 bridgehead atoms. The van der Waals surface area contributed by atoms with Crippen LogP contribution in [0.2, 0.25) is 25.2 Å². The van der Waals surface area contributed by atoms with E-state index in [0.29, 0.717) is 34.2 Å². The van der Waals surface area contributed by atoms with E-state index >= 15 is 0 Å². The fraction of sp³-hybridized carbons (Fsp3) is 0.500. The zero-order valence-electron chi connectivity index (χ0n) is 23.9. The molecule has 1 aromatic carbocycles. The maximum absolute atomic E-state index is 13.5. The number of aryl methyl sites for hydroxylation is 1. The van der Waals surface area contributed by atoms with Gasteiger partial charge in [0.1, 0.15) is 11.4 Å². The topological polar surface area (TPSA) is 120 Å². The largest absolute Gasteiger partial charge is 0.444 e. The van der Waals surface area contributed by atoms with Crippen LogP contribution in [0.5, 0.6) is 0 Å². The third kappa shape index (κ3) is 4.41. The molecule has 1 amide bonds. The van der Waals surface area contributed by atoms with Gasteiger partial charge >= 0.3 is 6.09 Å². The number of nitrogens with one attached hydrogen (secondary N) is 1. The lowest BCUT2D eigenvalue weighted by Crippen LogP contribution is -2.41. The molecule has 212 valence electrons. The number of ether oxygens (including phenoxy) is 1. The van der Waals surface area contributed by atoms with Crippen molar-refractivity contribution < 1.29 is 17.9 Å². The Morgan fingerprint density at radius 2 is 1.77 bits per heavy atom. The van der Waals surface area contributed by atoms with E-state index in [1.54, 1.807) is 42.7 Å². The van der Waals surface area contributed by atoms with Crippen LogP contribution in [0.1, 0.15) is 44.5 Å². The van der Waals surface area contributed by atoms with Gasteiger partial charge in [-0.1, -0.05) is 37.3 Å². The number of alkyl carbamates (subject to hydrolysis) is 1. The van der Waals surface area contributed by atoms with Crippen LogP contribution in [0.3, 0.4) is 0 Å². The molecule has 0 aliphatic heterocycles. The average molecular weight is 581 g/mol. The summed E-state index contributed by atoms with van der Waals surface area (Å²) in [5.41, 5.74) is 2.47. The van der Waals surface area contributed by atoms with Crippen LogP contribution < -0.4 is 5.32 Å². The van der Waals surface area contributed by atoms with Gasteiger partial charge < -0.3 is 10.1 Å². The number of hydrogen-bond acceptors (Lipinski definition) is 7. The molecule has 1 N–H and O–H groups in total. The number of nitrogens with zero attached hydrogens (tertiary/aromatic N) is 5. The van der Waals surface area contributed by atoms with E-state index in [1.165, 1.54) is 3.97 Å². The van der Waals surface area contributed by atoms with Crippen molar-refractivity contribution in [3.63, 3.8) is 0 Å². The molecule has 1 unspecified atom stereocenters. The Morgan fingerprint density at radius 3 is 2.42 bits per heavy atom. The molecule has 12 heteroatoms. The molecule has 2 aliphatic carbocycles. The molecule has 0 spiro atoms. The van der Waals surface area contributed by atoms with Crippen molar-refractivity contribution in [1.29, 1.82) is 0 Å². The van der Waals surface area contributed by atoms with Crippen LogP contribution in [0.25, 0.3) is 16.8 Å². The van der Waals surface area contributed by atoms with Crippen LogP contribution in [-0.4, -0.2) is 57.8 Å². The average Bonchev–Trinajstić information content (AvgIpc) is 3.10. The molecular weight excluding hydrogens is 544 g/mol. The SMILES string of the molecule is Cc1ccc(S(=O)(=O)n2ccc3c2ncc2nnc([C@H]4C[C@@H](NC(=O)OC(C)(C)C)[C@@H]5C([Si](C)(C)C)[C@@H]54)n23)cc1. The molecular formula is C28H36N6O4SSi. The van der Waals surface area contributed by atoms with E-state index in [0.717, 1.165) is 17.8 Å². The summed E-state index contributed by atoms with van der Waals surface area (Å²) < 4.78 is 35.8. The molecule has 5 atom stereocenters. The fourth-order valence-corrected chi connectivity index (χ4v) is 11.1. The van der Waals surface area contributed by atoms with E-state index in [4.69, 9.17) is 4.74 Å². The number of aromatic nitrogens is 5. The summed E-state index contributed by atoms with van der Waals surface area (Å²) in [4.78, 5) is 17.4. The minimum atomic E-state index is -3.85. The van der Waals surface area contributed by atoms with E-state index in [9.17, 15) is 13.2 Å². The molecule has 10 nitrogen and oxygen atoms in total. The smallest absolute Gasteiger partial charge is 0.407 e. The molecule has 4 aromatic rings. The number of benzene rings is 1. The first kappa shape index (κ1) is 26.9. The first-order valence-electron chi connectivity index (χ1n) is 13.7. The second-order valence-corrected chi connectivity index (χ2v) is 20.5. The highest BCUT2D eigenvalue weighted by Gasteiger charge is 2.67. The molecule has 3 aromatic heterocycles. The first-order valence-corrected chi connectivity index (χ1v) is 18.7. The van der Waals surface area contributed by atoms with E-state index in [2.05, 4.69) is 40.1 Å². The van der Waals surface area contributed by atoms with Crippen molar-refractivity contribution in [2.75, 3.05) is 0 Å². The third-order valence-electron chi connectivity index (χ3n) is 8.24. The van der Waals surface area contributed by atoms with Crippen molar-refractivity contribution in [2.24, 2.45) is 11.8 Å². The highest BCUT2D eigenvalue weighted by molar-refractivity contribution is 7.90. The molecule has 2 aliphatic rings. The Bertz CT molecular complexity index is 1730. The van der Waals surface area contributed by atoms with E-state index in [1.807, 2.05) is 32.1 Å². The van der Waals surface area contributed by atoms with Gasteiger partial charge in [-0.15, -0.1) is 10.2 Å². The lowest BCUT2D eigenvalue weighted by atomic mass is 10.0. The van der Waals surface area contributed by atoms with Gasteiger partial charge in [-0.25, -0.2) is 22.2 Å². The predicted octanol–water partition coefficient (Wildman–Crippen LogP) is 4.96. The Labute approximate surface area is 235 Å². The highest BCUT2D eigenvalue weighted by atomic mass is 32.2. The highest BCUT2D eigenvalue weighted by Crippen LogP contribution is 2.70. The van der Waals surface area contributed by atoms with Gasteiger partial charge in [-0.2, -0.15) is 0 Å². The molecule has 2 saturated carbocycles. The second kappa shape index (κ2) is 8.87. The quantitative estimate of drug-likeness (QED) is 0.331. The summed E-state index contributed by atoms with van der Waals surface area (Å²) in [6.07, 6.45) is 3.45. The van der Waals surface area contributed by atoms with Crippen LogP contribution in [0, 0.1) is 18.8 Å². The number of hydrogen-bond donors (Lipinski definition) is 1. The summed E-state index contributed by atoms with van der Waals surface area (Å²) >= 11 is 0. The summed E-state index contributed by atoms with van der Waals surface area (Å²) in [6, 6.07) is 8.53. The normalized spacial score (nSPS) is 24.8. The van der Waals surface area contributed by atoms with Crippen molar-refractivity contribution in [3.05, 3.63) is 54.1 Å². The predicted molar refractivity (Wildman–Crippen MR) is 155 cm³/mol. The van der Waals surface area contributed by atoms with Gasteiger partial charge in [0, 0.05) is 26.2 Å². The van der Waals surface area contributed by atoms with Crippen LogP contribution in [0.4, 0.5) is 4.79 Å². The zero-order chi connectivity index (χ0) is 28.8. The van der Waals surface area contributed by atoms with Gasteiger partial charge in [-0.3, -0.25) is 4.40 Å². The standard InChI is InChI=1S/C28H36N6O4SSi/c1-16-8-10-17(11-9-16)39(36,37)33-13-12-20-26(33)29-15-21-31-32-25(34(20)21)18-14-19(30-27(35)38-28(2,3)4)23-22(18)24(23)40(5,6)7/h8-13,15,18-19,22-24H,14H2,1-7H3,(H,30,35)/t18-,19+,22+,23-,24?/m0/s1. The van der Waals surface area contributed by atoms with Crippen molar-refractivity contribution >= 4 is 41.0 Å². The fourth-order valence-electron chi connectivity index (χ4n) is 6.74. The summed E-state index contributed by atoms with van der Waals surface area (Å²) in [6.45, 7) is 14.6. The minimum Gasteiger partial charge on any atom is -0.444 e. The monoisotopic (exact) mass is 580 g/mol. The molecule has 2 fully saturated rings. The Kier molecular flexibility index (Phi) is 5.98. The number of fused-ring (bicyclic) bond motifs is 4. The summed E-state index contributed by atoms with van der Waals surface area (Å²) in [7, 11) is -5.39. The molecule has 3 heterocycles. The summed E-state index contributed by atoms with van der Waals surface area (Å²) in [5, 5.41) is 12.2. The van der Waals surface area contributed by atoms with Gasteiger partial charge in [0.05, 0.1) is 16.6 Å². The first-order chi connectivity index (χ1) is 18.7. The Morgan fingerprint density at radius 1 is 1.07 bits per heavy atom. The molecule has 0 saturated heterocycles. The van der Waals surface area contributed by atoms with Crippen LogP contribution in [0.15, 0.2) is 47.6 Å². The van der Waals surface area contributed by atoms with E-state index < -0.39 is 29.8 Å². The zero-order valence-corrected chi connectivity index (χ0v) is 25.7. The lowest BCUT2D eigenvalue weighted by molar-refractivity contribution is 0.0499. The van der Waals surface area contributed by atoms with E-state index in [-0.39, 0.29) is 16.9 Å². The van der Waals surface area contributed by atoms with Gasteiger partial charge in [0.15, 0.2) is 11.3 Å². The van der Waals surface area contributed by atoms with Crippen molar-refractivity contribution in [1.82, 2.24) is 28.9 Å². The van der Waals surface area contributed by atoms with Gasteiger partial charge in [-0.05, 0) is 69.7 Å². The second-order valence-electron chi connectivity index (χ2n) is 13.3. The van der Waals surface area contributed by atoms with Crippen LogP contribution >= 0.6 is 0 Å². The van der Waals surface area contributed by atoms with Crippen molar-refractivity contribution in [3.8, 4) is 0 Å². The number of carbonyl (C=O) groups is 1. The van der Waals surface area contributed by atoms with Gasteiger partial charge in [0.25, 0.3) is 10.0 Å². The Hall–Kier alpha value is -3.25. The summed E-state index contributed by atoms with van der Waals surface area (Å²) in [5.74, 6) is 1.59. The van der Waals surface area contributed by atoms with Gasteiger partial charge in [0.2, 0.25) is 0 Å². The number of amides is 1. The van der Waals surface area contributed by atoms with Crippen molar-refractivity contribution in [2.45, 2.75) is 81.8 Å². The molecule has 40 heavy (non-hydrogen) atoms. The maximum Gasteiger partial charge on any atom is 0.407 e. The van der Waals surface area contributed by atoms with Crippen LogP contribution in [-0.2, 0) is 14.8 Å². The molecule has 0 radical (unpaired) electrons. The molecule has 6 rings (SSSR count).